The van der Waals surface area contributed by atoms with Crippen LogP contribution in [0.15, 0.2) is 48.7 Å². The lowest BCUT2D eigenvalue weighted by Crippen LogP contribution is -2.16. The minimum atomic E-state index is 0.0662. The normalized spacial score (nSPS) is 19.5. The summed E-state index contributed by atoms with van der Waals surface area (Å²) in [4.78, 5) is 9.37. The van der Waals surface area contributed by atoms with E-state index in [1.54, 1.807) is 6.20 Å². The molecule has 7 nitrogen and oxygen atoms in total. The minimum absolute atomic E-state index is 0.0662. The number of aromatic nitrogens is 4. The van der Waals surface area contributed by atoms with Crippen LogP contribution in [0.2, 0.25) is 0 Å². The minimum Gasteiger partial charge on any atom is -0.472 e. The lowest BCUT2D eigenvalue weighted by molar-refractivity contribution is 0.0835. The molecular weight excluding hydrogens is 392 g/mol. The van der Waals surface area contributed by atoms with Crippen molar-refractivity contribution < 1.29 is 14.2 Å². The third kappa shape index (κ3) is 4.94. The maximum atomic E-state index is 6.02. The van der Waals surface area contributed by atoms with Crippen LogP contribution in [0.25, 0.3) is 11.4 Å². The van der Waals surface area contributed by atoms with Crippen molar-refractivity contribution in [2.24, 2.45) is 0 Å². The van der Waals surface area contributed by atoms with Gasteiger partial charge in [-0.15, -0.1) is 0 Å². The molecule has 2 aromatic heterocycles. The zero-order chi connectivity index (χ0) is 20.9. The molecule has 7 heteroatoms. The van der Waals surface area contributed by atoms with E-state index in [0.29, 0.717) is 18.4 Å². The quantitative estimate of drug-likeness (QED) is 0.581. The zero-order valence-corrected chi connectivity index (χ0v) is 17.7. The van der Waals surface area contributed by atoms with Crippen molar-refractivity contribution >= 4 is 0 Å². The number of rotatable bonds is 7. The van der Waals surface area contributed by atoms with E-state index in [2.05, 4.69) is 29.2 Å². The van der Waals surface area contributed by atoms with Gasteiger partial charge in [-0.25, -0.2) is 14.6 Å². The first kappa shape index (κ1) is 20.2. The van der Waals surface area contributed by atoms with E-state index in [1.807, 2.05) is 22.9 Å². The molecule has 0 bridgehead atoms. The highest BCUT2D eigenvalue weighted by Gasteiger charge is 2.23. The van der Waals surface area contributed by atoms with Crippen LogP contribution in [0.5, 0.6) is 5.88 Å². The van der Waals surface area contributed by atoms with Crippen LogP contribution in [0.1, 0.15) is 36.6 Å². The summed E-state index contributed by atoms with van der Waals surface area (Å²) < 4.78 is 19.0. The first-order valence-corrected chi connectivity index (χ1v) is 11.1. The largest absolute Gasteiger partial charge is 0.472 e. The summed E-state index contributed by atoms with van der Waals surface area (Å²) in [5, 5.41) is 4.93. The molecule has 0 spiro atoms. The first-order chi connectivity index (χ1) is 15.3. The van der Waals surface area contributed by atoms with E-state index < -0.39 is 0 Å². The van der Waals surface area contributed by atoms with E-state index in [9.17, 15) is 0 Å². The van der Waals surface area contributed by atoms with Gasteiger partial charge in [-0.1, -0.05) is 30.3 Å². The molecule has 1 unspecified atom stereocenters. The second kappa shape index (κ2) is 9.58. The summed E-state index contributed by atoms with van der Waals surface area (Å²) >= 11 is 0. The molecule has 0 amide bonds. The number of nitrogens with zero attached hydrogens (tertiary/aromatic N) is 4. The Hall–Kier alpha value is -2.77. The van der Waals surface area contributed by atoms with Gasteiger partial charge in [-0.2, -0.15) is 5.10 Å². The molecule has 0 saturated carbocycles. The van der Waals surface area contributed by atoms with Gasteiger partial charge in [-0.3, -0.25) is 0 Å². The van der Waals surface area contributed by atoms with E-state index in [1.165, 1.54) is 5.56 Å². The summed E-state index contributed by atoms with van der Waals surface area (Å²) in [6, 6.07) is 14.4. The van der Waals surface area contributed by atoms with Gasteiger partial charge in [0.25, 0.3) is 0 Å². The Morgan fingerprint density at radius 2 is 1.84 bits per heavy atom. The summed E-state index contributed by atoms with van der Waals surface area (Å²) in [7, 11) is 0. The molecule has 5 rings (SSSR count). The van der Waals surface area contributed by atoms with Crippen molar-refractivity contribution in [3.63, 3.8) is 0 Å². The van der Waals surface area contributed by atoms with Crippen molar-refractivity contribution in [3.05, 3.63) is 60.0 Å². The Bertz CT molecular complexity index is 979. The van der Waals surface area contributed by atoms with Gasteiger partial charge in [-0.05, 0) is 30.9 Å². The third-order valence-electron chi connectivity index (χ3n) is 5.90. The van der Waals surface area contributed by atoms with E-state index in [4.69, 9.17) is 24.3 Å². The fraction of sp³-hybridized carbons (Fsp3) is 0.458. The summed E-state index contributed by atoms with van der Waals surface area (Å²) in [5.41, 5.74) is 2.26. The van der Waals surface area contributed by atoms with Gasteiger partial charge in [0.2, 0.25) is 5.88 Å². The Balaban J connectivity index is 1.41. The second-order valence-electron chi connectivity index (χ2n) is 8.13. The van der Waals surface area contributed by atoms with Gasteiger partial charge < -0.3 is 14.2 Å². The smallest absolute Gasteiger partial charge is 0.214 e. The monoisotopic (exact) mass is 420 g/mol. The molecule has 0 aliphatic carbocycles. The summed E-state index contributed by atoms with van der Waals surface area (Å²) in [5.74, 6) is 2.74. The highest BCUT2D eigenvalue weighted by Crippen LogP contribution is 2.28. The standard InChI is InChI=1S/C24H28N4O3/c1-2-4-18(5-3-1)7-12-28-24(26-23(27-28)19-8-13-29-14-9-19)20-6-11-25-22(16-20)31-21-10-15-30-17-21/h1-6,11,16,19,21H,7-10,12-15,17H2. The maximum Gasteiger partial charge on any atom is 0.214 e. The lowest BCUT2D eigenvalue weighted by atomic mass is 10.00. The molecule has 3 aromatic rings. The Labute approximate surface area is 182 Å². The molecule has 1 aromatic carbocycles. The third-order valence-corrected chi connectivity index (χ3v) is 5.90. The van der Waals surface area contributed by atoms with Crippen LogP contribution < -0.4 is 4.74 Å². The van der Waals surface area contributed by atoms with E-state index >= 15 is 0 Å². The van der Waals surface area contributed by atoms with E-state index in [0.717, 1.165) is 69.3 Å². The molecular formula is C24H28N4O3. The lowest BCUT2D eigenvalue weighted by Gasteiger charge is -2.18. The van der Waals surface area contributed by atoms with Gasteiger partial charge in [0.15, 0.2) is 11.6 Å². The van der Waals surface area contributed by atoms with Gasteiger partial charge in [0, 0.05) is 49.9 Å². The first-order valence-electron chi connectivity index (χ1n) is 11.1. The number of pyridine rings is 1. The average Bonchev–Trinajstić information content (AvgIpc) is 3.49. The van der Waals surface area contributed by atoms with Gasteiger partial charge >= 0.3 is 0 Å². The van der Waals surface area contributed by atoms with E-state index in [-0.39, 0.29) is 6.10 Å². The Kier molecular flexibility index (Phi) is 6.22. The second-order valence-corrected chi connectivity index (χ2v) is 8.13. The molecule has 0 N–H and O–H groups in total. The zero-order valence-electron chi connectivity index (χ0n) is 17.7. The molecule has 2 saturated heterocycles. The summed E-state index contributed by atoms with van der Waals surface area (Å²) in [6.07, 6.45) is 5.58. The highest BCUT2D eigenvalue weighted by atomic mass is 16.5. The fourth-order valence-corrected chi connectivity index (χ4v) is 4.13. The number of hydrogen-bond acceptors (Lipinski definition) is 6. The summed E-state index contributed by atoms with van der Waals surface area (Å²) in [6.45, 7) is 3.68. The predicted molar refractivity (Wildman–Crippen MR) is 116 cm³/mol. The van der Waals surface area contributed by atoms with Crippen molar-refractivity contribution in [1.29, 1.82) is 0 Å². The molecule has 2 fully saturated rings. The van der Waals surface area contributed by atoms with Crippen molar-refractivity contribution in [2.45, 2.75) is 44.2 Å². The predicted octanol–water partition coefficient (Wildman–Crippen LogP) is 3.64. The van der Waals surface area contributed by atoms with Gasteiger partial charge in [0.05, 0.1) is 13.2 Å². The molecule has 31 heavy (non-hydrogen) atoms. The average molecular weight is 421 g/mol. The highest BCUT2D eigenvalue weighted by molar-refractivity contribution is 5.56. The number of aryl methyl sites for hydroxylation is 2. The van der Waals surface area contributed by atoms with Crippen molar-refractivity contribution in [1.82, 2.24) is 19.7 Å². The van der Waals surface area contributed by atoms with Crippen LogP contribution >= 0.6 is 0 Å². The van der Waals surface area contributed by atoms with Crippen LogP contribution in [0.3, 0.4) is 0 Å². The SMILES string of the molecule is c1ccc(CCn2nc(C3CCOCC3)nc2-c2ccnc(OC3CCOC3)c2)cc1. The van der Waals surface area contributed by atoms with Crippen LogP contribution in [0.4, 0.5) is 0 Å². The molecule has 0 radical (unpaired) electrons. The van der Waals surface area contributed by atoms with Crippen molar-refractivity contribution in [2.75, 3.05) is 26.4 Å². The number of ether oxygens (including phenoxy) is 3. The molecule has 162 valence electrons. The molecule has 1 atom stereocenters. The number of benzene rings is 1. The molecule has 2 aliphatic heterocycles. The van der Waals surface area contributed by atoms with Crippen molar-refractivity contribution in [3.8, 4) is 17.3 Å². The maximum absolute atomic E-state index is 6.02. The Morgan fingerprint density at radius 1 is 1.00 bits per heavy atom. The Morgan fingerprint density at radius 3 is 2.65 bits per heavy atom. The topological polar surface area (TPSA) is 71.3 Å². The molecule has 2 aliphatic rings. The van der Waals surface area contributed by atoms with Crippen LogP contribution in [-0.2, 0) is 22.4 Å². The fourth-order valence-electron chi connectivity index (χ4n) is 4.13. The van der Waals surface area contributed by atoms with Gasteiger partial charge in [0.1, 0.15) is 6.10 Å². The molecule has 4 heterocycles. The number of hydrogen-bond donors (Lipinski definition) is 0. The van der Waals surface area contributed by atoms with Crippen LogP contribution in [0, 0.1) is 0 Å². The van der Waals surface area contributed by atoms with Crippen LogP contribution in [-0.4, -0.2) is 52.3 Å².